The van der Waals surface area contributed by atoms with Crippen molar-refractivity contribution >= 4 is 5.69 Å². The molecule has 0 saturated carbocycles. The minimum absolute atomic E-state index is 0.0415. The van der Waals surface area contributed by atoms with Gasteiger partial charge in [-0.3, -0.25) is 4.68 Å². The number of benzene rings is 1. The number of anilines is 1. The fraction of sp³-hybridized carbons (Fsp3) is 0.214. The maximum atomic E-state index is 12.8. The Kier molecular flexibility index (Phi) is 3.35. The first-order valence-electron chi connectivity index (χ1n) is 6.58. The summed E-state index contributed by atoms with van der Waals surface area (Å²) in [6.45, 7) is 1.79. The van der Waals surface area contributed by atoms with Crippen molar-refractivity contribution in [2.45, 2.75) is 13.1 Å². The number of rotatable bonds is 2. The van der Waals surface area contributed by atoms with E-state index >= 15 is 0 Å². The Morgan fingerprint density at radius 1 is 1.26 bits per heavy atom. The first kappa shape index (κ1) is 15.1. The number of hydrogen-bond donors (Lipinski definition) is 1. The first-order chi connectivity index (χ1) is 10.8. The number of nitrogens with zero attached hydrogens (tertiary/aromatic N) is 4. The second-order valence-corrected chi connectivity index (χ2v) is 4.98. The van der Waals surface area contributed by atoms with E-state index in [2.05, 4.69) is 15.2 Å². The summed E-state index contributed by atoms with van der Waals surface area (Å²) in [6, 6.07) is 6.08. The number of halogens is 3. The molecule has 9 heteroatoms. The van der Waals surface area contributed by atoms with E-state index in [1.54, 1.807) is 25.1 Å². The van der Waals surface area contributed by atoms with Crippen molar-refractivity contribution in [2.75, 3.05) is 5.73 Å². The van der Waals surface area contributed by atoms with Gasteiger partial charge in [0, 0.05) is 24.4 Å². The molecule has 0 fully saturated rings. The molecule has 2 heterocycles. The number of nitrogens with two attached hydrogens (primary N) is 1. The van der Waals surface area contributed by atoms with E-state index in [9.17, 15) is 13.2 Å². The molecule has 6 nitrogen and oxygen atoms in total. The monoisotopic (exact) mass is 323 g/mol. The molecule has 120 valence electrons. The molecule has 3 rings (SSSR count). The van der Waals surface area contributed by atoms with Gasteiger partial charge in [0.15, 0.2) is 5.69 Å². The van der Waals surface area contributed by atoms with E-state index in [0.717, 1.165) is 16.3 Å². The normalized spacial score (nSPS) is 11.9. The molecule has 2 N–H and O–H groups in total. The number of alkyl halides is 3. The van der Waals surface area contributed by atoms with Crippen molar-refractivity contribution in [3.63, 3.8) is 0 Å². The van der Waals surface area contributed by atoms with Crippen molar-refractivity contribution in [2.24, 2.45) is 7.05 Å². The SMILES string of the molecule is Cc1c(N)cccc1-c1noc(-c2cc(C(F)(F)F)n(C)n2)n1. The third-order valence-corrected chi connectivity index (χ3v) is 3.43. The molecule has 1 aromatic carbocycles. The van der Waals surface area contributed by atoms with E-state index in [4.69, 9.17) is 10.3 Å². The molecule has 0 atom stereocenters. The van der Waals surface area contributed by atoms with Gasteiger partial charge in [-0.25, -0.2) is 0 Å². The fourth-order valence-corrected chi connectivity index (χ4v) is 2.17. The minimum Gasteiger partial charge on any atom is -0.398 e. The third kappa shape index (κ3) is 2.65. The molecule has 0 radical (unpaired) electrons. The van der Waals surface area contributed by atoms with Crippen LogP contribution in [-0.4, -0.2) is 19.9 Å². The Morgan fingerprint density at radius 3 is 2.65 bits per heavy atom. The largest absolute Gasteiger partial charge is 0.433 e. The van der Waals surface area contributed by atoms with Gasteiger partial charge in [-0.2, -0.15) is 23.3 Å². The number of hydrogen-bond acceptors (Lipinski definition) is 5. The van der Waals surface area contributed by atoms with E-state index in [0.29, 0.717) is 11.3 Å². The minimum atomic E-state index is -4.51. The molecule has 0 aliphatic rings. The number of aromatic nitrogens is 4. The van der Waals surface area contributed by atoms with Crippen LogP contribution in [0.15, 0.2) is 28.8 Å². The molecule has 0 aliphatic carbocycles. The van der Waals surface area contributed by atoms with Crippen molar-refractivity contribution in [3.05, 3.63) is 35.5 Å². The smallest absolute Gasteiger partial charge is 0.398 e. The van der Waals surface area contributed by atoms with E-state index in [1.807, 2.05) is 0 Å². The number of aryl methyl sites for hydroxylation is 1. The lowest BCUT2D eigenvalue weighted by atomic mass is 10.1. The Hall–Kier alpha value is -2.84. The highest BCUT2D eigenvalue weighted by Gasteiger charge is 2.35. The van der Waals surface area contributed by atoms with Crippen molar-refractivity contribution in [1.29, 1.82) is 0 Å². The van der Waals surface area contributed by atoms with Crippen LogP contribution in [0.3, 0.4) is 0 Å². The van der Waals surface area contributed by atoms with Crippen LogP contribution in [0.2, 0.25) is 0 Å². The topological polar surface area (TPSA) is 82.8 Å². The molecule has 0 bridgehead atoms. The highest BCUT2D eigenvalue weighted by Crippen LogP contribution is 2.32. The zero-order valence-corrected chi connectivity index (χ0v) is 12.2. The summed E-state index contributed by atoms with van der Waals surface area (Å²) in [5, 5.41) is 7.56. The van der Waals surface area contributed by atoms with Crippen LogP contribution >= 0.6 is 0 Å². The highest BCUT2D eigenvalue weighted by molar-refractivity contribution is 5.68. The van der Waals surface area contributed by atoms with Gasteiger partial charge in [0.2, 0.25) is 5.82 Å². The summed E-state index contributed by atoms with van der Waals surface area (Å²) in [6.07, 6.45) is -4.51. The summed E-state index contributed by atoms with van der Waals surface area (Å²) in [5.41, 5.74) is 6.85. The maximum absolute atomic E-state index is 12.8. The van der Waals surface area contributed by atoms with Crippen LogP contribution in [-0.2, 0) is 13.2 Å². The van der Waals surface area contributed by atoms with Crippen LogP contribution in [0, 0.1) is 6.92 Å². The molecule has 23 heavy (non-hydrogen) atoms. The van der Waals surface area contributed by atoms with Gasteiger partial charge in [0.25, 0.3) is 5.89 Å². The second-order valence-electron chi connectivity index (χ2n) is 4.98. The van der Waals surface area contributed by atoms with Gasteiger partial charge < -0.3 is 10.3 Å². The molecule has 0 spiro atoms. The molecule has 2 aromatic heterocycles. The van der Waals surface area contributed by atoms with Crippen molar-refractivity contribution in [3.8, 4) is 23.0 Å². The first-order valence-corrected chi connectivity index (χ1v) is 6.58. The molecule has 0 aliphatic heterocycles. The van der Waals surface area contributed by atoms with Gasteiger partial charge in [0.05, 0.1) is 0 Å². The molecule has 0 unspecified atom stereocenters. The lowest BCUT2D eigenvalue weighted by Crippen LogP contribution is -2.11. The van der Waals surface area contributed by atoms with Crippen molar-refractivity contribution in [1.82, 2.24) is 19.9 Å². The predicted octanol–water partition coefficient (Wildman–Crippen LogP) is 3.05. The second kappa shape index (κ2) is 5.11. The van der Waals surface area contributed by atoms with Crippen LogP contribution < -0.4 is 5.73 Å². The van der Waals surface area contributed by atoms with Crippen LogP contribution in [0.5, 0.6) is 0 Å². The average Bonchev–Trinajstić information content (AvgIpc) is 3.07. The van der Waals surface area contributed by atoms with Crippen LogP contribution in [0.25, 0.3) is 23.0 Å². The van der Waals surface area contributed by atoms with Gasteiger partial charge in [-0.05, 0) is 18.6 Å². The molecular formula is C14H12F3N5O. The predicted molar refractivity (Wildman–Crippen MR) is 76.1 cm³/mol. The van der Waals surface area contributed by atoms with E-state index in [1.165, 1.54) is 7.05 Å². The summed E-state index contributed by atoms with van der Waals surface area (Å²) in [7, 11) is 1.20. The van der Waals surface area contributed by atoms with Crippen molar-refractivity contribution < 1.29 is 17.7 Å². The summed E-state index contributed by atoms with van der Waals surface area (Å²) in [5.74, 6) is 0.150. The Balaban J connectivity index is 2.02. The fourth-order valence-electron chi connectivity index (χ4n) is 2.17. The van der Waals surface area contributed by atoms with Crippen LogP contribution in [0.1, 0.15) is 11.3 Å². The lowest BCUT2D eigenvalue weighted by Gasteiger charge is -2.04. The highest BCUT2D eigenvalue weighted by atomic mass is 19.4. The summed E-state index contributed by atoms with van der Waals surface area (Å²) in [4.78, 5) is 4.11. The maximum Gasteiger partial charge on any atom is 0.433 e. The molecule has 0 saturated heterocycles. The Labute approximate surface area is 128 Å². The number of nitrogen functional groups attached to an aromatic ring is 1. The zero-order valence-electron chi connectivity index (χ0n) is 12.2. The van der Waals surface area contributed by atoms with Gasteiger partial charge in [-0.1, -0.05) is 17.3 Å². The zero-order chi connectivity index (χ0) is 16.8. The Bertz CT molecular complexity index is 866. The molecule has 3 aromatic rings. The lowest BCUT2D eigenvalue weighted by molar-refractivity contribution is -0.143. The van der Waals surface area contributed by atoms with Crippen LogP contribution in [0.4, 0.5) is 18.9 Å². The third-order valence-electron chi connectivity index (χ3n) is 3.43. The van der Waals surface area contributed by atoms with E-state index in [-0.39, 0.29) is 17.4 Å². The molecular weight excluding hydrogens is 311 g/mol. The van der Waals surface area contributed by atoms with Gasteiger partial charge in [0.1, 0.15) is 5.69 Å². The quantitative estimate of drug-likeness (QED) is 0.733. The standard InChI is InChI=1S/C14H12F3N5O/c1-7-8(4-3-5-9(7)18)12-19-13(23-21-12)10-6-11(14(15,16)17)22(2)20-10/h3-6H,18H2,1-2H3. The average molecular weight is 323 g/mol. The molecule has 0 amide bonds. The van der Waals surface area contributed by atoms with Gasteiger partial charge in [-0.15, -0.1) is 0 Å². The Morgan fingerprint density at radius 2 is 2.00 bits per heavy atom. The van der Waals surface area contributed by atoms with Gasteiger partial charge >= 0.3 is 6.18 Å². The summed E-state index contributed by atoms with van der Waals surface area (Å²) < 4.78 is 44.2. The van der Waals surface area contributed by atoms with E-state index < -0.39 is 11.9 Å². The summed E-state index contributed by atoms with van der Waals surface area (Å²) >= 11 is 0.